The molecule has 2 aromatic rings. The molecule has 1 amide bonds. The van der Waals surface area contributed by atoms with Crippen molar-refractivity contribution < 1.29 is 18.3 Å². The first-order valence-corrected chi connectivity index (χ1v) is 7.74. The SMILES string of the molecule is CC(C)(C)OC(=O)N1CCc2[nH]nc(-c3ccc(F)c(F)c3)c2C1. The lowest BCUT2D eigenvalue weighted by atomic mass is 10.0. The van der Waals surface area contributed by atoms with Gasteiger partial charge in [0, 0.05) is 29.8 Å². The van der Waals surface area contributed by atoms with E-state index >= 15 is 0 Å². The van der Waals surface area contributed by atoms with Crippen molar-refractivity contribution in [1.82, 2.24) is 15.1 Å². The molecule has 0 fully saturated rings. The summed E-state index contributed by atoms with van der Waals surface area (Å²) in [5, 5.41) is 7.14. The molecule has 1 N–H and O–H groups in total. The van der Waals surface area contributed by atoms with Gasteiger partial charge in [0.05, 0.1) is 12.2 Å². The quantitative estimate of drug-likeness (QED) is 0.865. The van der Waals surface area contributed by atoms with Crippen LogP contribution in [0, 0.1) is 11.6 Å². The number of aromatic amines is 1. The van der Waals surface area contributed by atoms with E-state index in [1.807, 2.05) is 20.8 Å². The summed E-state index contributed by atoms with van der Waals surface area (Å²) in [5.41, 5.74) is 2.12. The third kappa shape index (κ3) is 3.25. The number of benzene rings is 1. The highest BCUT2D eigenvalue weighted by atomic mass is 19.2. The molecule has 0 radical (unpaired) electrons. The van der Waals surface area contributed by atoms with Crippen LogP contribution >= 0.6 is 0 Å². The Balaban J connectivity index is 1.87. The van der Waals surface area contributed by atoms with E-state index in [0.29, 0.717) is 30.8 Å². The number of ether oxygens (including phenoxy) is 1. The number of fused-ring (bicyclic) bond motifs is 1. The van der Waals surface area contributed by atoms with Crippen LogP contribution in [0.15, 0.2) is 18.2 Å². The minimum absolute atomic E-state index is 0.315. The van der Waals surface area contributed by atoms with E-state index in [2.05, 4.69) is 10.2 Å². The van der Waals surface area contributed by atoms with Gasteiger partial charge in [0.1, 0.15) is 5.60 Å². The van der Waals surface area contributed by atoms with Gasteiger partial charge in [-0.1, -0.05) is 0 Å². The number of hydrogen-bond donors (Lipinski definition) is 1. The van der Waals surface area contributed by atoms with E-state index in [0.717, 1.165) is 23.4 Å². The first kappa shape index (κ1) is 16.4. The van der Waals surface area contributed by atoms with Crippen molar-refractivity contribution in [2.24, 2.45) is 0 Å². The summed E-state index contributed by atoms with van der Waals surface area (Å²) >= 11 is 0. The molecule has 1 aromatic heterocycles. The highest BCUT2D eigenvalue weighted by molar-refractivity contribution is 5.70. The summed E-state index contributed by atoms with van der Waals surface area (Å²) in [4.78, 5) is 13.8. The number of H-pyrrole nitrogens is 1. The second-order valence-electron chi connectivity index (χ2n) is 6.81. The number of nitrogens with zero attached hydrogens (tertiary/aromatic N) is 2. The summed E-state index contributed by atoms with van der Waals surface area (Å²) < 4.78 is 32.0. The second-order valence-corrected chi connectivity index (χ2v) is 6.81. The number of nitrogens with one attached hydrogen (secondary N) is 1. The maximum absolute atomic E-state index is 13.5. The maximum atomic E-state index is 13.5. The molecule has 128 valence electrons. The lowest BCUT2D eigenvalue weighted by Gasteiger charge is -2.30. The Morgan fingerprint density at radius 1 is 1.29 bits per heavy atom. The van der Waals surface area contributed by atoms with E-state index in [-0.39, 0.29) is 0 Å². The van der Waals surface area contributed by atoms with Crippen LogP contribution in [-0.2, 0) is 17.7 Å². The molecule has 0 saturated carbocycles. The van der Waals surface area contributed by atoms with Gasteiger partial charge >= 0.3 is 6.09 Å². The van der Waals surface area contributed by atoms with Crippen LogP contribution in [0.4, 0.5) is 13.6 Å². The van der Waals surface area contributed by atoms with Crippen molar-refractivity contribution in [3.8, 4) is 11.3 Å². The van der Waals surface area contributed by atoms with Crippen molar-refractivity contribution in [1.29, 1.82) is 0 Å². The smallest absolute Gasteiger partial charge is 0.410 e. The largest absolute Gasteiger partial charge is 0.444 e. The molecule has 24 heavy (non-hydrogen) atoms. The van der Waals surface area contributed by atoms with Gasteiger partial charge < -0.3 is 9.64 Å². The summed E-state index contributed by atoms with van der Waals surface area (Å²) in [6.07, 6.45) is 0.205. The first-order chi connectivity index (χ1) is 11.2. The molecule has 7 heteroatoms. The molecule has 0 unspecified atom stereocenters. The van der Waals surface area contributed by atoms with Gasteiger partial charge in [-0.05, 0) is 39.0 Å². The summed E-state index contributed by atoms with van der Waals surface area (Å²) in [7, 11) is 0. The van der Waals surface area contributed by atoms with Crippen molar-refractivity contribution in [3.63, 3.8) is 0 Å². The van der Waals surface area contributed by atoms with Gasteiger partial charge in [-0.3, -0.25) is 5.10 Å². The summed E-state index contributed by atoms with van der Waals surface area (Å²) in [6.45, 7) is 6.26. The third-order valence-corrected chi connectivity index (χ3v) is 3.78. The van der Waals surface area contributed by atoms with Gasteiger partial charge in [0.25, 0.3) is 0 Å². The number of amides is 1. The van der Waals surface area contributed by atoms with E-state index in [1.54, 1.807) is 4.90 Å². The molecule has 0 spiro atoms. The standard InChI is InChI=1S/C17H19F2N3O2/c1-17(2,3)24-16(23)22-7-6-14-11(9-22)15(21-20-14)10-4-5-12(18)13(19)8-10/h4-5,8H,6-7,9H2,1-3H3,(H,20,21). The molecule has 1 aliphatic rings. The van der Waals surface area contributed by atoms with Crippen LogP contribution in [0.25, 0.3) is 11.3 Å². The number of halogens is 2. The summed E-state index contributed by atoms with van der Waals surface area (Å²) in [6, 6.07) is 3.65. The molecule has 0 saturated heterocycles. The Kier molecular flexibility index (Phi) is 4.03. The Hall–Kier alpha value is -2.44. The van der Waals surface area contributed by atoms with Crippen LogP contribution in [-0.4, -0.2) is 33.3 Å². The predicted molar refractivity (Wildman–Crippen MR) is 84.3 cm³/mol. The number of carbonyl (C=O) groups excluding carboxylic acids is 1. The van der Waals surface area contributed by atoms with E-state index in [4.69, 9.17) is 4.74 Å². The highest BCUT2D eigenvalue weighted by Crippen LogP contribution is 2.29. The predicted octanol–water partition coefficient (Wildman–Crippen LogP) is 3.65. The first-order valence-electron chi connectivity index (χ1n) is 7.74. The van der Waals surface area contributed by atoms with Crippen LogP contribution in [0.3, 0.4) is 0 Å². The Morgan fingerprint density at radius 3 is 2.71 bits per heavy atom. The van der Waals surface area contributed by atoms with Gasteiger partial charge in [-0.2, -0.15) is 5.10 Å². The minimum atomic E-state index is -0.927. The van der Waals surface area contributed by atoms with Crippen LogP contribution < -0.4 is 0 Å². The topological polar surface area (TPSA) is 58.2 Å². The molecule has 2 heterocycles. The van der Waals surface area contributed by atoms with Crippen LogP contribution in [0.1, 0.15) is 32.0 Å². The fraction of sp³-hybridized carbons (Fsp3) is 0.412. The molecule has 1 aromatic carbocycles. The monoisotopic (exact) mass is 335 g/mol. The lowest BCUT2D eigenvalue weighted by molar-refractivity contribution is 0.0224. The Morgan fingerprint density at radius 2 is 2.04 bits per heavy atom. The van der Waals surface area contributed by atoms with Crippen molar-refractivity contribution in [3.05, 3.63) is 41.1 Å². The Bertz CT molecular complexity index is 781. The molecule has 0 atom stereocenters. The molecule has 0 bridgehead atoms. The molecule has 1 aliphatic heterocycles. The lowest BCUT2D eigenvalue weighted by Crippen LogP contribution is -2.39. The minimum Gasteiger partial charge on any atom is -0.444 e. The zero-order chi connectivity index (χ0) is 17.5. The van der Waals surface area contributed by atoms with Crippen LogP contribution in [0.2, 0.25) is 0 Å². The van der Waals surface area contributed by atoms with Gasteiger partial charge in [0.15, 0.2) is 11.6 Å². The fourth-order valence-corrected chi connectivity index (χ4v) is 2.66. The normalized spacial score (nSPS) is 14.5. The van der Waals surface area contributed by atoms with Gasteiger partial charge in [-0.15, -0.1) is 0 Å². The fourth-order valence-electron chi connectivity index (χ4n) is 2.66. The number of carbonyl (C=O) groups is 1. The Labute approximate surface area is 138 Å². The second kappa shape index (κ2) is 5.89. The van der Waals surface area contributed by atoms with Gasteiger partial charge in [0.2, 0.25) is 0 Å². The number of hydrogen-bond acceptors (Lipinski definition) is 3. The molecule has 5 nitrogen and oxygen atoms in total. The number of rotatable bonds is 1. The van der Waals surface area contributed by atoms with E-state index in [9.17, 15) is 13.6 Å². The van der Waals surface area contributed by atoms with Crippen molar-refractivity contribution >= 4 is 6.09 Å². The van der Waals surface area contributed by atoms with Crippen molar-refractivity contribution in [2.45, 2.75) is 39.3 Å². The van der Waals surface area contributed by atoms with Crippen LogP contribution in [0.5, 0.6) is 0 Å². The highest BCUT2D eigenvalue weighted by Gasteiger charge is 2.29. The van der Waals surface area contributed by atoms with E-state index in [1.165, 1.54) is 6.07 Å². The van der Waals surface area contributed by atoms with E-state index < -0.39 is 23.3 Å². The molecule has 0 aliphatic carbocycles. The molecular formula is C17H19F2N3O2. The zero-order valence-electron chi connectivity index (χ0n) is 13.8. The molecular weight excluding hydrogens is 316 g/mol. The number of aromatic nitrogens is 2. The average molecular weight is 335 g/mol. The average Bonchev–Trinajstić information content (AvgIpc) is 2.91. The third-order valence-electron chi connectivity index (χ3n) is 3.78. The maximum Gasteiger partial charge on any atom is 0.410 e. The zero-order valence-corrected chi connectivity index (χ0v) is 13.8. The summed E-state index contributed by atoms with van der Waals surface area (Å²) in [5.74, 6) is -1.83. The molecule has 3 rings (SSSR count). The van der Waals surface area contributed by atoms with Crippen molar-refractivity contribution in [2.75, 3.05) is 6.54 Å². The van der Waals surface area contributed by atoms with Gasteiger partial charge in [-0.25, -0.2) is 13.6 Å².